The molecule has 0 radical (unpaired) electrons. The summed E-state index contributed by atoms with van der Waals surface area (Å²) in [6.07, 6.45) is 1.62. The van der Waals surface area contributed by atoms with Gasteiger partial charge in [0.2, 0.25) is 11.1 Å². The second kappa shape index (κ2) is 7.53. The van der Waals surface area contributed by atoms with Gasteiger partial charge in [-0.3, -0.25) is 4.79 Å². The Morgan fingerprint density at radius 3 is 2.89 bits per heavy atom. The zero-order chi connectivity index (χ0) is 19.0. The van der Waals surface area contributed by atoms with Crippen LogP contribution in [0.5, 0.6) is 0 Å². The van der Waals surface area contributed by atoms with Gasteiger partial charge in [0, 0.05) is 23.1 Å². The fraction of sp³-hybridized carbons (Fsp3) is 0.118. The van der Waals surface area contributed by atoms with E-state index in [0.717, 1.165) is 26.5 Å². The number of thioether (sulfide) groups is 1. The van der Waals surface area contributed by atoms with Crippen LogP contribution in [-0.2, 0) is 11.8 Å². The van der Waals surface area contributed by atoms with Crippen LogP contribution in [0.3, 0.4) is 0 Å². The topological polar surface area (TPSA) is 85.6 Å². The molecule has 3 aromatic heterocycles. The number of carbonyl (C=O) groups is 1. The molecule has 0 aliphatic heterocycles. The maximum Gasteiger partial charge on any atom is 0.236 e. The normalized spacial score (nSPS) is 11.2. The molecule has 0 spiro atoms. The van der Waals surface area contributed by atoms with Crippen molar-refractivity contribution >= 4 is 77.4 Å². The Morgan fingerprint density at radius 1 is 1.26 bits per heavy atom. The number of hydrogen-bond donors (Lipinski definition) is 1. The minimum absolute atomic E-state index is 0.154. The molecule has 1 aromatic carbocycles. The lowest BCUT2D eigenvalue weighted by molar-refractivity contribution is -0.113. The summed E-state index contributed by atoms with van der Waals surface area (Å²) in [6, 6.07) is 9.77. The summed E-state index contributed by atoms with van der Waals surface area (Å²) in [5, 5.41) is 12.7. The molecule has 3 heterocycles. The Hall–Kier alpha value is -2.04. The molecule has 7 nitrogen and oxygen atoms in total. The number of rotatable bonds is 4. The van der Waals surface area contributed by atoms with Crippen molar-refractivity contribution in [2.45, 2.75) is 5.16 Å². The minimum Gasteiger partial charge on any atom is -0.327 e. The lowest BCUT2D eigenvalue weighted by Crippen LogP contribution is -2.15. The van der Waals surface area contributed by atoms with Crippen LogP contribution in [0.4, 0.5) is 5.82 Å². The second-order valence-corrected chi connectivity index (χ2v) is 8.38. The van der Waals surface area contributed by atoms with Crippen LogP contribution in [0.2, 0.25) is 0 Å². The summed E-state index contributed by atoms with van der Waals surface area (Å²) >= 11 is 7.93. The first-order chi connectivity index (χ1) is 13.0. The molecule has 0 bridgehead atoms. The number of amides is 1. The molecular weight excluding hydrogens is 496 g/mol. The zero-order valence-electron chi connectivity index (χ0n) is 14.0. The maximum absolute atomic E-state index is 12.2. The number of anilines is 1. The molecule has 1 amide bonds. The number of benzene rings is 1. The Kier molecular flexibility index (Phi) is 5.11. The molecule has 0 unspecified atom stereocenters. The van der Waals surface area contributed by atoms with E-state index in [0.29, 0.717) is 15.4 Å². The lowest BCUT2D eigenvalue weighted by atomic mass is 10.2. The molecule has 10 heteroatoms. The number of nitrogens with zero attached hydrogens (tertiary/aromatic N) is 5. The van der Waals surface area contributed by atoms with Gasteiger partial charge in [-0.2, -0.15) is 0 Å². The highest BCUT2D eigenvalue weighted by molar-refractivity contribution is 9.11. The van der Waals surface area contributed by atoms with Gasteiger partial charge in [0.1, 0.15) is 11.3 Å². The summed E-state index contributed by atoms with van der Waals surface area (Å²) in [4.78, 5) is 20.9. The summed E-state index contributed by atoms with van der Waals surface area (Å²) in [6.45, 7) is 0. The summed E-state index contributed by atoms with van der Waals surface area (Å²) < 4.78 is 3.50. The molecule has 136 valence electrons. The average Bonchev–Trinajstić information content (AvgIpc) is 2.95. The highest BCUT2D eigenvalue weighted by Crippen LogP contribution is 2.26. The maximum atomic E-state index is 12.2. The van der Waals surface area contributed by atoms with E-state index in [-0.39, 0.29) is 11.7 Å². The van der Waals surface area contributed by atoms with Gasteiger partial charge in [-0.1, -0.05) is 30.0 Å². The first kappa shape index (κ1) is 18.3. The molecule has 4 rings (SSSR count). The Bertz CT molecular complexity index is 1180. The molecule has 0 aliphatic carbocycles. The van der Waals surface area contributed by atoms with Crippen LogP contribution in [0.1, 0.15) is 0 Å². The van der Waals surface area contributed by atoms with Gasteiger partial charge in [-0.25, -0.2) is 9.97 Å². The number of pyridine rings is 1. The van der Waals surface area contributed by atoms with Crippen molar-refractivity contribution < 1.29 is 4.79 Å². The van der Waals surface area contributed by atoms with Crippen molar-refractivity contribution in [1.29, 1.82) is 0 Å². The predicted octanol–water partition coefficient (Wildman–Crippen LogP) is 4.17. The summed E-state index contributed by atoms with van der Waals surface area (Å²) in [5.74, 6) is 0.421. The fourth-order valence-corrected chi connectivity index (χ4v) is 4.33. The third kappa shape index (κ3) is 3.69. The highest BCUT2D eigenvalue weighted by Gasteiger charge is 2.14. The Labute approximate surface area is 175 Å². The van der Waals surface area contributed by atoms with Crippen LogP contribution in [0.15, 0.2) is 50.6 Å². The van der Waals surface area contributed by atoms with Gasteiger partial charge < -0.3 is 9.88 Å². The van der Waals surface area contributed by atoms with Crippen molar-refractivity contribution in [3.05, 3.63) is 45.5 Å². The van der Waals surface area contributed by atoms with Crippen molar-refractivity contribution in [1.82, 2.24) is 24.7 Å². The quantitative estimate of drug-likeness (QED) is 0.417. The van der Waals surface area contributed by atoms with E-state index in [2.05, 4.69) is 57.3 Å². The second-order valence-electron chi connectivity index (χ2n) is 5.66. The number of nitrogens with one attached hydrogen (secondary N) is 1. The van der Waals surface area contributed by atoms with E-state index in [1.54, 1.807) is 6.20 Å². The van der Waals surface area contributed by atoms with Crippen molar-refractivity contribution in [3.63, 3.8) is 0 Å². The van der Waals surface area contributed by atoms with E-state index >= 15 is 0 Å². The first-order valence-corrected chi connectivity index (χ1v) is 10.4. The SMILES string of the molecule is Cn1c2ccccc2c2nnc(SCC(=O)Nc3ncc(Br)cc3Br)nc21. The fourth-order valence-electron chi connectivity index (χ4n) is 2.66. The van der Waals surface area contributed by atoms with Crippen LogP contribution < -0.4 is 5.32 Å². The van der Waals surface area contributed by atoms with E-state index in [4.69, 9.17) is 0 Å². The molecule has 1 N–H and O–H groups in total. The molecule has 4 aromatic rings. The number of hydrogen-bond acceptors (Lipinski definition) is 6. The van der Waals surface area contributed by atoms with E-state index < -0.39 is 0 Å². The van der Waals surface area contributed by atoms with Crippen LogP contribution in [-0.4, -0.2) is 36.4 Å². The summed E-state index contributed by atoms with van der Waals surface area (Å²) in [7, 11) is 1.94. The third-order valence-corrected chi connectivity index (χ3v) is 5.76. The van der Waals surface area contributed by atoms with Gasteiger partial charge in [-0.05, 0) is 44.0 Å². The van der Waals surface area contributed by atoms with Gasteiger partial charge in [-0.15, -0.1) is 10.2 Å². The number of carbonyl (C=O) groups excluding carboxylic acids is 1. The zero-order valence-corrected chi connectivity index (χ0v) is 18.0. The predicted molar refractivity (Wildman–Crippen MR) is 113 cm³/mol. The highest BCUT2D eigenvalue weighted by atomic mass is 79.9. The average molecular weight is 508 g/mol. The molecular formula is C17H12Br2N6OS. The minimum atomic E-state index is -0.198. The lowest BCUT2D eigenvalue weighted by Gasteiger charge is -2.06. The van der Waals surface area contributed by atoms with Crippen molar-refractivity contribution in [2.24, 2.45) is 7.05 Å². The van der Waals surface area contributed by atoms with E-state index in [9.17, 15) is 4.79 Å². The smallest absolute Gasteiger partial charge is 0.236 e. The molecule has 0 atom stereocenters. The van der Waals surface area contributed by atoms with E-state index in [1.165, 1.54) is 11.8 Å². The largest absolute Gasteiger partial charge is 0.327 e. The van der Waals surface area contributed by atoms with E-state index in [1.807, 2.05) is 41.9 Å². The number of aromatic nitrogens is 5. The van der Waals surface area contributed by atoms with Crippen LogP contribution in [0, 0.1) is 0 Å². The monoisotopic (exact) mass is 506 g/mol. The first-order valence-electron chi connectivity index (χ1n) is 7.84. The standard InChI is InChI=1S/C17H12Br2N6OS/c1-25-12-5-3-2-4-10(12)14-16(25)22-17(24-23-14)27-8-13(26)21-15-11(19)6-9(18)7-20-15/h2-7H,8H2,1H3,(H,20,21,26). The Balaban J connectivity index is 1.51. The van der Waals surface area contributed by atoms with Crippen LogP contribution >= 0.6 is 43.6 Å². The summed E-state index contributed by atoms with van der Waals surface area (Å²) in [5.41, 5.74) is 2.54. The van der Waals surface area contributed by atoms with Crippen molar-refractivity contribution in [3.8, 4) is 0 Å². The number of fused-ring (bicyclic) bond motifs is 3. The van der Waals surface area contributed by atoms with Crippen LogP contribution in [0.25, 0.3) is 22.1 Å². The number of halogens is 2. The molecule has 0 aliphatic rings. The number of para-hydroxylation sites is 1. The van der Waals surface area contributed by atoms with Gasteiger partial charge >= 0.3 is 0 Å². The van der Waals surface area contributed by atoms with Crippen molar-refractivity contribution in [2.75, 3.05) is 11.1 Å². The Morgan fingerprint density at radius 2 is 2.07 bits per heavy atom. The molecule has 0 fully saturated rings. The molecule has 27 heavy (non-hydrogen) atoms. The van der Waals surface area contributed by atoms with Gasteiger partial charge in [0.15, 0.2) is 5.65 Å². The molecule has 0 saturated carbocycles. The molecule has 0 saturated heterocycles. The number of aryl methyl sites for hydroxylation is 1. The van der Waals surface area contributed by atoms with Gasteiger partial charge in [0.05, 0.1) is 15.7 Å². The third-order valence-electron chi connectivity index (χ3n) is 3.89. The van der Waals surface area contributed by atoms with Gasteiger partial charge in [0.25, 0.3) is 0 Å².